The van der Waals surface area contributed by atoms with E-state index in [2.05, 4.69) is 0 Å². The van der Waals surface area contributed by atoms with Gasteiger partial charge in [-0.1, -0.05) is 0 Å². The van der Waals surface area contributed by atoms with Crippen LogP contribution in [0.2, 0.25) is 0 Å². The summed E-state index contributed by atoms with van der Waals surface area (Å²) in [5, 5.41) is 17.0. The van der Waals surface area contributed by atoms with Crippen LogP contribution in [0.1, 0.15) is 11.1 Å². The van der Waals surface area contributed by atoms with Gasteiger partial charge in [0.1, 0.15) is 0 Å². The number of benzene rings is 1. The topological polar surface area (TPSA) is 87.1 Å². The first-order valence-electron chi connectivity index (χ1n) is 3.84. The van der Waals surface area contributed by atoms with Crippen molar-refractivity contribution in [2.45, 2.75) is 0 Å². The molecule has 0 aliphatic carbocycles. The first-order valence-corrected chi connectivity index (χ1v) is 3.84. The van der Waals surface area contributed by atoms with Crippen molar-refractivity contribution in [1.29, 1.82) is 5.26 Å². The lowest BCUT2D eigenvalue weighted by Crippen LogP contribution is -1.91. The van der Waals surface area contributed by atoms with Gasteiger partial charge < -0.3 is 10.8 Å². The molecule has 0 radical (unpaired) electrons. The van der Waals surface area contributed by atoms with Gasteiger partial charge in [0.05, 0.1) is 11.6 Å². The zero-order valence-corrected chi connectivity index (χ0v) is 7.27. The third-order valence-corrected chi connectivity index (χ3v) is 1.62. The predicted octanol–water partition coefficient (Wildman–Crippen LogP) is 1.24. The monoisotopic (exact) mass is 188 g/mol. The van der Waals surface area contributed by atoms with Gasteiger partial charge in [-0.25, -0.2) is 4.79 Å². The van der Waals surface area contributed by atoms with E-state index in [1.807, 2.05) is 6.07 Å². The highest BCUT2D eigenvalue weighted by atomic mass is 16.4. The number of hydrogen-bond acceptors (Lipinski definition) is 3. The molecule has 0 atom stereocenters. The van der Waals surface area contributed by atoms with E-state index >= 15 is 0 Å². The number of nitriles is 1. The molecule has 0 heterocycles. The Hall–Kier alpha value is -2.28. The van der Waals surface area contributed by atoms with Crippen LogP contribution in [0.25, 0.3) is 6.08 Å². The summed E-state index contributed by atoms with van der Waals surface area (Å²) >= 11 is 0. The van der Waals surface area contributed by atoms with E-state index in [0.717, 1.165) is 6.08 Å². The number of carboxylic acids is 1. The van der Waals surface area contributed by atoms with Gasteiger partial charge in [-0.15, -0.1) is 0 Å². The van der Waals surface area contributed by atoms with Gasteiger partial charge in [0.2, 0.25) is 0 Å². The standard InChI is InChI=1S/C10H8N2O2/c11-6-7-1-3-9(12)8(5-7)2-4-10(13)14/h1-5H,12H2,(H,13,14)/b4-2+. The number of nitrogens with two attached hydrogens (primary N) is 1. The maximum Gasteiger partial charge on any atom is 0.328 e. The maximum atomic E-state index is 10.2. The predicted molar refractivity (Wildman–Crippen MR) is 52.2 cm³/mol. The smallest absolute Gasteiger partial charge is 0.328 e. The summed E-state index contributed by atoms with van der Waals surface area (Å²) in [4.78, 5) is 10.2. The quantitative estimate of drug-likeness (QED) is 0.540. The van der Waals surface area contributed by atoms with Gasteiger partial charge in [-0.3, -0.25) is 0 Å². The van der Waals surface area contributed by atoms with Crippen molar-refractivity contribution in [3.05, 3.63) is 35.4 Å². The molecule has 3 N–H and O–H groups in total. The fourth-order valence-corrected chi connectivity index (χ4v) is 0.950. The molecule has 0 unspecified atom stereocenters. The number of carbonyl (C=O) groups is 1. The van der Waals surface area contributed by atoms with Crippen LogP contribution in [-0.2, 0) is 4.79 Å². The molecule has 0 aliphatic rings. The van der Waals surface area contributed by atoms with Crippen molar-refractivity contribution < 1.29 is 9.90 Å². The van der Waals surface area contributed by atoms with E-state index in [0.29, 0.717) is 16.8 Å². The third-order valence-electron chi connectivity index (χ3n) is 1.62. The average Bonchev–Trinajstić information content (AvgIpc) is 2.16. The van der Waals surface area contributed by atoms with E-state index in [9.17, 15) is 4.79 Å². The van der Waals surface area contributed by atoms with Crippen LogP contribution in [0.5, 0.6) is 0 Å². The lowest BCUT2D eigenvalue weighted by atomic mass is 10.1. The van der Waals surface area contributed by atoms with Crippen LogP contribution in [0, 0.1) is 11.3 Å². The fraction of sp³-hybridized carbons (Fsp3) is 0. The zero-order valence-electron chi connectivity index (χ0n) is 7.27. The lowest BCUT2D eigenvalue weighted by molar-refractivity contribution is -0.131. The van der Waals surface area contributed by atoms with Crippen molar-refractivity contribution in [2.75, 3.05) is 5.73 Å². The minimum atomic E-state index is -1.05. The molecule has 0 spiro atoms. The van der Waals surface area contributed by atoms with E-state index < -0.39 is 5.97 Å². The highest BCUT2D eigenvalue weighted by molar-refractivity contribution is 5.86. The molecule has 0 saturated carbocycles. The van der Waals surface area contributed by atoms with Gasteiger partial charge in [-0.05, 0) is 29.8 Å². The SMILES string of the molecule is N#Cc1ccc(N)c(/C=C/C(=O)O)c1. The van der Waals surface area contributed by atoms with Crippen molar-refractivity contribution in [3.63, 3.8) is 0 Å². The van der Waals surface area contributed by atoms with Crippen molar-refractivity contribution in [2.24, 2.45) is 0 Å². The van der Waals surface area contributed by atoms with Gasteiger partial charge >= 0.3 is 5.97 Å². The van der Waals surface area contributed by atoms with Gasteiger partial charge in [0.15, 0.2) is 0 Å². The molecular weight excluding hydrogens is 180 g/mol. The molecule has 0 fully saturated rings. The number of aliphatic carboxylic acids is 1. The second-order valence-corrected chi connectivity index (χ2v) is 2.63. The summed E-state index contributed by atoms with van der Waals surface area (Å²) in [6, 6.07) is 6.63. The van der Waals surface area contributed by atoms with Crippen LogP contribution in [-0.4, -0.2) is 11.1 Å². The number of nitrogens with zero attached hydrogens (tertiary/aromatic N) is 1. The Labute approximate surface area is 80.9 Å². The molecule has 0 bridgehead atoms. The summed E-state index contributed by atoms with van der Waals surface area (Å²) in [5.74, 6) is -1.05. The summed E-state index contributed by atoms with van der Waals surface area (Å²) in [5.41, 5.74) is 7.00. The Morgan fingerprint density at radius 2 is 2.29 bits per heavy atom. The largest absolute Gasteiger partial charge is 0.478 e. The summed E-state index contributed by atoms with van der Waals surface area (Å²) < 4.78 is 0. The first kappa shape index (κ1) is 9.81. The van der Waals surface area contributed by atoms with E-state index in [1.165, 1.54) is 12.1 Å². The Bertz CT molecular complexity index is 430. The minimum absolute atomic E-state index is 0.446. The molecule has 0 amide bonds. The number of nitrogen functional groups attached to an aromatic ring is 1. The molecule has 0 aromatic heterocycles. The van der Waals surface area contributed by atoms with E-state index in [-0.39, 0.29) is 0 Å². The molecule has 70 valence electrons. The second-order valence-electron chi connectivity index (χ2n) is 2.63. The van der Waals surface area contributed by atoms with Crippen LogP contribution >= 0.6 is 0 Å². The van der Waals surface area contributed by atoms with Gasteiger partial charge in [-0.2, -0.15) is 5.26 Å². The molecular formula is C10H8N2O2. The Balaban J connectivity index is 3.08. The summed E-state index contributed by atoms with van der Waals surface area (Å²) in [7, 11) is 0. The first-order chi connectivity index (χ1) is 6.63. The zero-order chi connectivity index (χ0) is 10.6. The van der Waals surface area contributed by atoms with Gasteiger partial charge in [0.25, 0.3) is 0 Å². The number of anilines is 1. The summed E-state index contributed by atoms with van der Waals surface area (Å²) in [6.45, 7) is 0. The van der Waals surface area contributed by atoms with Crippen LogP contribution in [0.4, 0.5) is 5.69 Å². The van der Waals surface area contributed by atoms with Crippen molar-refractivity contribution >= 4 is 17.7 Å². The highest BCUT2D eigenvalue weighted by Gasteiger charge is 1.97. The average molecular weight is 188 g/mol. The lowest BCUT2D eigenvalue weighted by Gasteiger charge is -1.99. The summed E-state index contributed by atoms with van der Waals surface area (Å²) in [6.07, 6.45) is 2.34. The van der Waals surface area contributed by atoms with Crippen LogP contribution in [0.15, 0.2) is 24.3 Å². The van der Waals surface area contributed by atoms with Crippen LogP contribution < -0.4 is 5.73 Å². The molecule has 4 nitrogen and oxygen atoms in total. The highest BCUT2D eigenvalue weighted by Crippen LogP contribution is 2.15. The number of carboxylic acid groups (broad SMARTS) is 1. The Kier molecular flexibility index (Phi) is 2.87. The molecule has 0 saturated heterocycles. The third kappa shape index (κ3) is 2.35. The molecule has 14 heavy (non-hydrogen) atoms. The molecule has 1 rings (SSSR count). The fourth-order valence-electron chi connectivity index (χ4n) is 0.950. The van der Waals surface area contributed by atoms with Gasteiger partial charge in [0, 0.05) is 11.8 Å². The van der Waals surface area contributed by atoms with Crippen LogP contribution in [0.3, 0.4) is 0 Å². The number of hydrogen-bond donors (Lipinski definition) is 2. The minimum Gasteiger partial charge on any atom is -0.478 e. The van der Waals surface area contributed by atoms with E-state index in [1.54, 1.807) is 12.1 Å². The molecule has 1 aromatic rings. The number of rotatable bonds is 2. The molecule has 0 aliphatic heterocycles. The van der Waals surface area contributed by atoms with Crippen molar-refractivity contribution in [3.8, 4) is 6.07 Å². The Morgan fingerprint density at radius 3 is 2.86 bits per heavy atom. The molecule has 4 heteroatoms. The Morgan fingerprint density at radius 1 is 1.57 bits per heavy atom. The van der Waals surface area contributed by atoms with E-state index in [4.69, 9.17) is 16.1 Å². The normalized spacial score (nSPS) is 9.93. The van der Waals surface area contributed by atoms with Crippen molar-refractivity contribution in [1.82, 2.24) is 0 Å². The maximum absolute atomic E-state index is 10.2. The second kappa shape index (κ2) is 4.10. The molecule has 1 aromatic carbocycles.